The van der Waals surface area contributed by atoms with Gasteiger partial charge in [-0.15, -0.1) is 0 Å². The summed E-state index contributed by atoms with van der Waals surface area (Å²) >= 11 is 3.39. The van der Waals surface area contributed by atoms with Gasteiger partial charge in [0, 0.05) is 10.4 Å². The molecule has 0 aliphatic heterocycles. The van der Waals surface area contributed by atoms with Crippen molar-refractivity contribution >= 4 is 33.0 Å². The molecule has 0 amide bonds. The Morgan fingerprint density at radius 1 is 1.33 bits per heavy atom. The van der Waals surface area contributed by atoms with E-state index in [4.69, 9.17) is 10.00 Å². The molecule has 136 valence electrons. The largest absolute Gasteiger partial charge is 0.479 e. The highest BCUT2D eigenvalue weighted by molar-refractivity contribution is 9.10. The van der Waals surface area contributed by atoms with E-state index in [1.54, 1.807) is 30.5 Å². The molecule has 2 aromatic carbocycles. The zero-order chi connectivity index (χ0) is 19.4. The first kappa shape index (κ1) is 18.8. The molecule has 0 N–H and O–H groups in total. The van der Waals surface area contributed by atoms with Crippen LogP contribution >= 0.6 is 15.9 Å². The molecule has 0 spiro atoms. The van der Waals surface area contributed by atoms with Gasteiger partial charge in [-0.05, 0) is 35.9 Å². The van der Waals surface area contributed by atoms with Gasteiger partial charge < -0.3 is 4.74 Å². The summed E-state index contributed by atoms with van der Waals surface area (Å²) in [5, 5.41) is 13.5. The van der Waals surface area contributed by atoms with E-state index in [9.17, 15) is 4.79 Å². The molecule has 0 saturated heterocycles. The number of nitrogens with zero attached hydrogens (tertiary/aromatic N) is 4. The Kier molecular flexibility index (Phi) is 5.67. The minimum absolute atomic E-state index is 0.0215. The number of hydrogen-bond acceptors (Lipinski definition) is 5. The topological polar surface area (TPSA) is 80.3 Å². The van der Waals surface area contributed by atoms with Crippen LogP contribution in [0.5, 0.6) is 5.75 Å². The van der Waals surface area contributed by atoms with Crippen molar-refractivity contribution in [1.29, 1.82) is 5.26 Å². The lowest BCUT2D eigenvalue weighted by atomic mass is 10.2. The van der Waals surface area contributed by atoms with E-state index in [0.29, 0.717) is 22.5 Å². The Morgan fingerprint density at radius 2 is 2.15 bits per heavy atom. The fourth-order valence-electron chi connectivity index (χ4n) is 2.58. The summed E-state index contributed by atoms with van der Waals surface area (Å²) in [4.78, 5) is 17.6. The number of fused-ring (bicyclic) bond motifs is 1. The number of aromatic nitrogens is 2. The second kappa shape index (κ2) is 8.14. The predicted octanol–water partition coefficient (Wildman–Crippen LogP) is 4.07. The van der Waals surface area contributed by atoms with E-state index in [0.717, 1.165) is 10.0 Å². The number of benzene rings is 2. The number of nitriles is 1. The third-order valence-corrected chi connectivity index (χ3v) is 4.33. The lowest BCUT2D eigenvalue weighted by molar-refractivity contribution is 0.368. The molecule has 6 nitrogen and oxygen atoms in total. The Labute approximate surface area is 164 Å². The molecule has 0 aliphatic carbocycles. The average Bonchev–Trinajstić information content (AvgIpc) is 2.66. The summed E-state index contributed by atoms with van der Waals surface area (Å²) in [7, 11) is 0. The molecule has 3 aromatic rings. The molecule has 0 bridgehead atoms. The van der Waals surface area contributed by atoms with Crippen LogP contribution in [0.1, 0.15) is 31.2 Å². The Bertz CT molecular complexity index is 1110. The standard InChI is InChI=1S/C20H17BrN4O2/c1-13(2)19-24-18-7-6-15(21)11-17(18)20(26)25(19)23-12-14-4-3-5-16(10-14)27-9-8-22/h3-7,10-13H,9H2,1-2H3. The van der Waals surface area contributed by atoms with Gasteiger partial charge in [0.2, 0.25) is 0 Å². The van der Waals surface area contributed by atoms with Crippen LogP contribution in [-0.2, 0) is 0 Å². The van der Waals surface area contributed by atoms with Crippen molar-refractivity contribution in [1.82, 2.24) is 9.66 Å². The maximum absolute atomic E-state index is 13.0. The number of hydrogen-bond donors (Lipinski definition) is 0. The molecule has 7 heteroatoms. The molecule has 3 rings (SSSR count). The molecule has 1 heterocycles. The zero-order valence-electron chi connectivity index (χ0n) is 14.9. The van der Waals surface area contributed by atoms with Crippen molar-refractivity contribution in [2.75, 3.05) is 6.61 Å². The van der Waals surface area contributed by atoms with Gasteiger partial charge in [-0.2, -0.15) is 15.0 Å². The molecular formula is C20H17BrN4O2. The van der Waals surface area contributed by atoms with Gasteiger partial charge in [0.05, 0.1) is 17.1 Å². The number of rotatable bonds is 5. The van der Waals surface area contributed by atoms with E-state index in [2.05, 4.69) is 26.0 Å². The fourth-order valence-corrected chi connectivity index (χ4v) is 2.94. The van der Waals surface area contributed by atoms with Gasteiger partial charge in [-0.1, -0.05) is 41.9 Å². The minimum atomic E-state index is -0.224. The van der Waals surface area contributed by atoms with E-state index >= 15 is 0 Å². The molecule has 0 saturated carbocycles. The summed E-state index contributed by atoms with van der Waals surface area (Å²) in [5.74, 6) is 1.17. The lowest BCUT2D eigenvalue weighted by Gasteiger charge is -2.12. The summed E-state index contributed by atoms with van der Waals surface area (Å²) < 4.78 is 7.44. The molecule has 0 fully saturated rings. The van der Waals surface area contributed by atoms with Gasteiger partial charge >= 0.3 is 0 Å². The third-order valence-electron chi connectivity index (χ3n) is 3.83. The van der Waals surface area contributed by atoms with Gasteiger partial charge in [-0.25, -0.2) is 4.98 Å². The molecule has 0 atom stereocenters. The van der Waals surface area contributed by atoms with E-state index in [-0.39, 0.29) is 18.1 Å². The number of ether oxygens (including phenoxy) is 1. The van der Waals surface area contributed by atoms with Crippen molar-refractivity contribution in [2.24, 2.45) is 5.10 Å². The quantitative estimate of drug-likeness (QED) is 0.578. The molecule has 1 aromatic heterocycles. The van der Waals surface area contributed by atoms with Crippen LogP contribution in [0.4, 0.5) is 0 Å². The van der Waals surface area contributed by atoms with Crippen LogP contribution in [0.2, 0.25) is 0 Å². The zero-order valence-corrected chi connectivity index (χ0v) is 16.5. The Morgan fingerprint density at radius 3 is 2.89 bits per heavy atom. The average molecular weight is 425 g/mol. The highest BCUT2D eigenvalue weighted by Crippen LogP contribution is 2.19. The second-order valence-corrected chi connectivity index (χ2v) is 7.08. The lowest BCUT2D eigenvalue weighted by Crippen LogP contribution is -2.23. The van der Waals surface area contributed by atoms with E-state index < -0.39 is 0 Å². The monoisotopic (exact) mass is 424 g/mol. The molecule has 27 heavy (non-hydrogen) atoms. The van der Waals surface area contributed by atoms with Crippen molar-refractivity contribution in [2.45, 2.75) is 19.8 Å². The van der Waals surface area contributed by atoms with Crippen molar-refractivity contribution in [3.05, 3.63) is 68.7 Å². The van der Waals surface area contributed by atoms with E-state index in [1.165, 1.54) is 4.68 Å². The normalized spacial score (nSPS) is 11.2. The van der Waals surface area contributed by atoms with Crippen LogP contribution in [0.3, 0.4) is 0 Å². The summed E-state index contributed by atoms with van der Waals surface area (Å²) in [6, 6.07) is 14.5. The second-order valence-electron chi connectivity index (χ2n) is 6.17. The maximum Gasteiger partial charge on any atom is 0.282 e. The Balaban J connectivity index is 2.07. The first-order valence-corrected chi connectivity index (χ1v) is 9.15. The van der Waals surface area contributed by atoms with Gasteiger partial charge in [-0.3, -0.25) is 4.79 Å². The number of halogens is 1. The third kappa shape index (κ3) is 4.23. The Hall–Kier alpha value is -2.98. The van der Waals surface area contributed by atoms with Crippen LogP contribution in [0.25, 0.3) is 10.9 Å². The SMILES string of the molecule is CC(C)c1nc2ccc(Br)cc2c(=O)n1N=Cc1cccc(OCC#N)c1. The van der Waals surface area contributed by atoms with Crippen molar-refractivity contribution < 1.29 is 4.74 Å². The van der Waals surface area contributed by atoms with Crippen LogP contribution in [-0.4, -0.2) is 22.5 Å². The summed E-state index contributed by atoms with van der Waals surface area (Å²) in [6.45, 7) is 3.91. The molecule has 0 aliphatic rings. The first-order valence-electron chi connectivity index (χ1n) is 8.36. The van der Waals surface area contributed by atoms with Gasteiger partial charge in [0.25, 0.3) is 5.56 Å². The molecule has 0 unspecified atom stereocenters. The highest BCUT2D eigenvalue weighted by Gasteiger charge is 2.13. The molecular weight excluding hydrogens is 408 g/mol. The smallest absolute Gasteiger partial charge is 0.282 e. The van der Waals surface area contributed by atoms with E-state index in [1.807, 2.05) is 38.1 Å². The van der Waals surface area contributed by atoms with Crippen molar-refractivity contribution in [3.63, 3.8) is 0 Å². The van der Waals surface area contributed by atoms with Crippen LogP contribution < -0.4 is 10.3 Å². The van der Waals surface area contributed by atoms with Gasteiger partial charge in [0.15, 0.2) is 6.61 Å². The van der Waals surface area contributed by atoms with Crippen LogP contribution in [0, 0.1) is 11.3 Å². The fraction of sp³-hybridized carbons (Fsp3) is 0.200. The molecule has 0 radical (unpaired) electrons. The predicted molar refractivity (Wildman–Crippen MR) is 108 cm³/mol. The van der Waals surface area contributed by atoms with Gasteiger partial charge in [0.1, 0.15) is 17.6 Å². The minimum Gasteiger partial charge on any atom is -0.479 e. The summed E-state index contributed by atoms with van der Waals surface area (Å²) in [6.07, 6.45) is 1.58. The maximum atomic E-state index is 13.0. The highest BCUT2D eigenvalue weighted by atomic mass is 79.9. The summed E-state index contributed by atoms with van der Waals surface area (Å²) in [5.41, 5.74) is 1.17. The van der Waals surface area contributed by atoms with Crippen molar-refractivity contribution in [3.8, 4) is 11.8 Å². The van der Waals surface area contributed by atoms with Crippen LogP contribution in [0.15, 0.2) is 56.8 Å². The first-order chi connectivity index (χ1) is 13.0.